The summed E-state index contributed by atoms with van der Waals surface area (Å²) in [5, 5.41) is 18.0. The van der Waals surface area contributed by atoms with Crippen LogP contribution in [0, 0.1) is 11.3 Å². The first kappa shape index (κ1) is 15.9. The second-order valence-corrected chi connectivity index (χ2v) is 8.15. The molecule has 26 heavy (non-hydrogen) atoms. The van der Waals surface area contributed by atoms with Crippen molar-refractivity contribution < 1.29 is 4.79 Å². The number of likely N-dealkylation sites (tertiary alicyclic amines) is 2. The van der Waals surface area contributed by atoms with Gasteiger partial charge in [-0.1, -0.05) is 0 Å². The largest absolute Gasteiger partial charge is 0.338 e. The summed E-state index contributed by atoms with van der Waals surface area (Å²) < 4.78 is 1.45. The van der Waals surface area contributed by atoms with Gasteiger partial charge in [-0.05, 0) is 55.0 Å². The van der Waals surface area contributed by atoms with Gasteiger partial charge in [-0.2, -0.15) is 9.78 Å². The van der Waals surface area contributed by atoms with Gasteiger partial charge in [0.05, 0.1) is 6.20 Å². The van der Waals surface area contributed by atoms with Gasteiger partial charge in [-0.3, -0.25) is 9.89 Å². The first-order valence-corrected chi connectivity index (χ1v) is 9.51. The Balaban J connectivity index is 1.30. The quantitative estimate of drug-likeness (QED) is 0.867. The van der Waals surface area contributed by atoms with E-state index >= 15 is 0 Å². The van der Waals surface area contributed by atoms with E-state index in [1.165, 1.54) is 49.8 Å². The fourth-order valence-corrected chi connectivity index (χ4v) is 4.62. The first-order valence-electron chi connectivity index (χ1n) is 9.51. The molecule has 1 saturated carbocycles. The molecule has 2 aromatic heterocycles. The number of amides is 1. The first-order chi connectivity index (χ1) is 12.7. The number of aromatic nitrogens is 6. The van der Waals surface area contributed by atoms with Gasteiger partial charge < -0.3 is 9.80 Å². The number of piperidine rings is 1. The summed E-state index contributed by atoms with van der Waals surface area (Å²) in [5.74, 6) is 1.47. The zero-order chi connectivity index (χ0) is 17.6. The maximum atomic E-state index is 13.1. The molecule has 2 saturated heterocycles. The lowest BCUT2D eigenvalue weighted by Crippen LogP contribution is -2.46. The van der Waals surface area contributed by atoms with Gasteiger partial charge in [0.1, 0.15) is 11.9 Å². The van der Waals surface area contributed by atoms with Crippen molar-refractivity contribution in [1.82, 2.24) is 40.2 Å². The number of nitrogens with one attached hydrogen (secondary N) is 1. The molecule has 9 heteroatoms. The molecule has 0 aromatic carbocycles. The molecule has 3 aliphatic rings. The second-order valence-electron chi connectivity index (χ2n) is 8.15. The fourth-order valence-electron chi connectivity index (χ4n) is 4.62. The van der Waals surface area contributed by atoms with Gasteiger partial charge in [0.15, 0.2) is 5.82 Å². The molecule has 1 amide bonds. The van der Waals surface area contributed by atoms with Crippen molar-refractivity contribution in [3.8, 4) is 5.82 Å². The third-order valence-corrected chi connectivity index (χ3v) is 6.11. The molecular formula is C17H24N8O. The average molecular weight is 356 g/mol. The van der Waals surface area contributed by atoms with Crippen LogP contribution in [-0.2, 0) is 0 Å². The van der Waals surface area contributed by atoms with E-state index < -0.39 is 0 Å². The fraction of sp³-hybridized carbons (Fsp3) is 0.706. The standard InChI is InChI=1S/C17H24N8O/c26-16(14-8-18-20-15(14)25-12-19-21-22-25)24-7-5-17(11-24)4-1-6-23(10-17)9-13-2-3-13/h8,12-13H,1-7,9-11H2,(H,18,20)/t17-/m1/s1. The normalized spacial score (nSPS) is 26.7. The highest BCUT2D eigenvalue weighted by Crippen LogP contribution is 2.41. The van der Waals surface area contributed by atoms with Crippen molar-refractivity contribution in [3.05, 3.63) is 18.1 Å². The highest BCUT2D eigenvalue weighted by Gasteiger charge is 2.44. The minimum Gasteiger partial charge on any atom is -0.338 e. The number of H-pyrrole nitrogens is 1. The van der Waals surface area contributed by atoms with Crippen LogP contribution < -0.4 is 0 Å². The van der Waals surface area contributed by atoms with E-state index in [0.717, 1.165) is 32.0 Å². The van der Waals surface area contributed by atoms with Crippen LogP contribution in [0.1, 0.15) is 42.5 Å². The van der Waals surface area contributed by atoms with Crippen LogP contribution in [0.25, 0.3) is 5.82 Å². The molecule has 1 N–H and O–H groups in total. The van der Waals surface area contributed by atoms with Crippen molar-refractivity contribution >= 4 is 5.91 Å². The van der Waals surface area contributed by atoms with Crippen LogP contribution in [0.4, 0.5) is 0 Å². The third-order valence-electron chi connectivity index (χ3n) is 6.11. The van der Waals surface area contributed by atoms with Crippen LogP contribution in [-0.4, -0.2) is 78.8 Å². The van der Waals surface area contributed by atoms with Gasteiger partial charge in [0.25, 0.3) is 5.91 Å². The van der Waals surface area contributed by atoms with Crippen LogP contribution in [0.5, 0.6) is 0 Å². The van der Waals surface area contributed by atoms with Crippen molar-refractivity contribution in [2.24, 2.45) is 11.3 Å². The number of aromatic amines is 1. The van der Waals surface area contributed by atoms with Gasteiger partial charge in [-0.15, -0.1) is 5.10 Å². The average Bonchev–Trinajstić information content (AvgIpc) is 3.09. The number of rotatable bonds is 4. The van der Waals surface area contributed by atoms with Crippen molar-refractivity contribution in [3.63, 3.8) is 0 Å². The summed E-state index contributed by atoms with van der Waals surface area (Å²) in [6, 6.07) is 0. The maximum absolute atomic E-state index is 13.1. The summed E-state index contributed by atoms with van der Waals surface area (Å²) in [6.45, 7) is 5.26. The number of nitrogens with zero attached hydrogens (tertiary/aromatic N) is 7. The Bertz CT molecular complexity index is 783. The van der Waals surface area contributed by atoms with Gasteiger partial charge >= 0.3 is 0 Å². The lowest BCUT2D eigenvalue weighted by atomic mass is 9.79. The minimum absolute atomic E-state index is 0.0143. The zero-order valence-corrected chi connectivity index (χ0v) is 14.8. The molecule has 0 bridgehead atoms. The SMILES string of the molecule is O=C(c1cn[nH]c1-n1cnnn1)N1CC[C@@]2(CCCN(CC3CC3)C2)C1. The molecule has 9 nitrogen and oxygen atoms in total. The van der Waals surface area contributed by atoms with Crippen LogP contribution in [0.3, 0.4) is 0 Å². The van der Waals surface area contributed by atoms with Crippen molar-refractivity contribution in [2.75, 3.05) is 32.7 Å². The van der Waals surface area contributed by atoms with Crippen LogP contribution in [0.15, 0.2) is 12.5 Å². The van der Waals surface area contributed by atoms with Gasteiger partial charge in [0.2, 0.25) is 0 Å². The summed E-state index contributed by atoms with van der Waals surface area (Å²) in [5.41, 5.74) is 0.793. The molecule has 1 aliphatic carbocycles. The molecule has 4 heterocycles. The number of tetrazole rings is 1. The number of hydrogen-bond acceptors (Lipinski definition) is 6. The Morgan fingerprint density at radius 1 is 1.27 bits per heavy atom. The second kappa shape index (κ2) is 6.15. The van der Waals surface area contributed by atoms with Crippen molar-refractivity contribution in [1.29, 1.82) is 0 Å². The molecule has 3 fully saturated rings. The Morgan fingerprint density at radius 3 is 3.00 bits per heavy atom. The molecule has 2 aliphatic heterocycles. The number of hydrogen-bond donors (Lipinski definition) is 1. The van der Waals surface area contributed by atoms with E-state index in [2.05, 4.69) is 30.6 Å². The molecule has 1 spiro atoms. The van der Waals surface area contributed by atoms with E-state index in [-0.39, 0.29) is 11.3 Å². The third kappa shape index (κ3) is 2.90. The molecule has 2 aromatic rings. The zero-order valence-electron chi connectivity index (χ0n) is 14.8. The summed E-state index contributed by atoms with van der Waals surface area (Å²) in [4.78, 5) is 17.7. The van der Waals surface area contributed by atoms with Crippen molar-refractivity contribution in [2.45, 2.75) is 32.1 Å². The Kier molecular flexibility index (Phi) is 3.77. The van der Waals surface area contributed by atoms with Crippen LogP contribution in [0.2, 0.25) is 0 Å². The Hall–Kier alpha value is -2.29. The van der Waals surface area contributed by atoms with E-state index in [0.29, 0.717) is 11.4 Å². The summed E-state index contributed by atoms with van der Waals surface area (Å²) in [7, 11) is 0. The molecular weight excluding hydrogens is 332 g/mol. The van der Waals surface area contributed by atoms with Gasteiger partial charge in [0, 0.05) is 31.6 Å². The summed E-state index contributed by atoms with van der Waals surface area (Å²) >= 11 is 0. The molecule has 0 radical (unpaired) electrons. The van der Waals surface area contributed by atoms with E-state index in [1.807, 2.05) is 4.90 Å². The Labute approximate surface area is 151 Å². The molecule has 138 valence electrons. The molecule has 5 rings (SSSR count). The lowest BCUT2D eigenvalue weighted by Gasteiger charge is -2.40. The maximum Gasteiger partial charge on any atom is 0.259 e. The smallest absolute Gasteiger partial charge is 0.259 e. The highest BCUT2D eigenvalue weighted by molar-refractivity contribution is 5.97. The van der Waals surface area contributed by atoms with E-state index in [4.69, 9.17) is 0 Å². The topological polar surface area (TPSA) is 95.8 Å². The Morgan fingerprint density at radius 2 is 2.19 bits per heavy atom. The van der Waals surface area contributed by atoms with E-state index in [1.54, 1.807) is 6.20 Å². The van der Waals surface area contributed by atoms with Gasteiger partial charge in [-0.25, -0.2) is 0 Å². The van der Waals surface area contributed by atoms with Crippen LogP contribution >= 0.6 is 0 Å². The monoisotopic (exact) mass is 356 g/mol. The number of carbonyl (C=O) groups is 1. The predicted octanol–water partition coefficient (Wildman–Crippen LogP) is 0.723. The molecule has 0 unspecified atom stereocenters. The predicted molar refractivity (Wildman–Crippen MR) is 92.7 cm³/mol. The minimum atomic E-state index is 0.0143. The highest BCUT2D eigenvalue weighted by atomic mass is 16.2. The van der Waals surface area contributed by atoms with E-state index in [9.17, 15) is 4.79 Å². The molecule has 1 atom stereocenters. The number of carbonyl (C=O) groups excluding carboxylic acids is 1. The lowest BCUT2D eigenvalue weighted by molar-refractivity contribution is 0.0681. The summed E-state index contributed by atoms with van der Waals surface area (Å²) in [6.07, 6.45) is 9.40.